The number of benzene rings is 3. The molecule has 0 saturated carbocycles. The minimum absolute atomic E-state index is 0.0244. The van der Waals surface area contributed by atoms with Crippen molar-refractivity contribution in [1.29, 1.82) is 0 Å². The van der Waals surface area contributed by atoms with Crippen LogP contribution in [0.25, 0.3) is 0 Å². The molecule has 15 heteroatoms. The number of aromatic nitrogens is 2. The first-order valence-electron chi connectivity index (χ1n) is 19.5. The summed E-state index contributed by atoms with van der Waals surface area (Å²) in [6, 6.07) is 26.8. The predicted octanol–water partition coefficient (Wildman–Crippen LogP) is 7.55. The number of methoxy groups -OCH3 is 2. The van der Waals surface area contributed by atoms with Crippen LogP contribution in [0.3, 0.4) is 0 Å². The van der Waals surface area contributed by atoms with Crippen molar-refractivity contribution in [3.8, 4) is 11.5 Å². The van der Waals surface area contributed by atoms with E-state index in [2.05, 4.69) is 59.6 Å². The fourth-order valence-electron chi connectivity index (χ4n) is 6.92. The van der Waals surface area contributed by atoms with Crippen molar-refractivity contribution in [1.82, 2.24) is 9.55 Å². The van der Waals surface area contributed by atoms with Crippen LogP contribution in [-0.4, -0.2) is 81.3 Å². The van der Waals surface area contributed by atoms with Crippen LogP contribution in [0.5, 0.6) is 11.5 Å². The van der Waals surface area contributed by atoms with Crippen LogP contribution in [-0.2, 0) is 40.9 Å². The zero-order valence-electron chi connectivity index (χ0n) is 34.8. The van der Waals surface area contributed by atoms with Crippen LogP contribution in [0.2, 0.25) is 18.1 Å². The molecule has 1 radical (unpaired) electrons. The lowest BCUT2D eigenvalue weighted by atomic mass is 9.80. The van der Waals surface area contributed by atoms with Gasteiger partial charge in [0.15, 0.2) is 20.6 Å². The molecular formula is C42H59N3O9PSSi+2. The van der Waals surface area contributed by atoms with Crippen LogP contribution in [0.15, 0.2) is 101 Å². The molecule has 5 rings (SSSR count). The van der Waals surface area contributed by atoms with Crippen LogP contribution >= 0.6 is 7.58 Å². The molecule has 309 valence electrons. The van der Waals surface area contributed by atoms with Crippen molar-refractivity contribution in [2.75, 3.05) is 40.5 Å². The number of H-pyrrole nitrogens is 1. The lowest BCUT2D eigenvalue weighted by Crippen LogP contribution is -2.50. The monoisotopic (exact) mass is 840 g/mol. The number of aromatic amines is 1. The molecule has 0 bridgehead atoms. The third kappa shape index (κ3) is 9.78. The molecule has 1 aliphatic heterocycles. The van der Waals surface area contributed by atoms with E-state index >= 15 is 0 Å². The fraction of sp³-hybridized carbons (Fsp3) is 0.476. The number of hydrogen-bond acceptors (Lipinski definition) is 10. The van der Waals surface area contributed by atoms with Gasteiger partial charge in [0.2, 0.25) is 7.58 Å². The van der Waals surface area contributed by atoms with E-state index in [1.807, 2.05) is 78.9 Å². The van der Waals surface area contributed by atoms with Crippen molar-refractivity contribution in [2.45, 2.75) is 89.8 Å². The van der Waals surface area contributed by atoms with Gasteiger partial charge < -0.3 is 30.9 Å². The Balaban J connectivity index is 1.68. The van der Waals surface area contributed by atoms with Crippen molar-refractivity contribution in [2.24, 2.45) is 0 Å². The van der Waals surface area contributed by atoms with Crippen molar-refractivity contribution >= 4 is 28.1 Å². The number of hydrogen-bond donors (Lipinski definition) is 1. The second-order valence-corrected chi connectivity index (χ2v) is 22.3. The molecule has 1 aliphatic rings. The van der Waals surface area contributed by atoms with Gasteiger partial charge in [0.25, 0.3) is 12.7 Å². The van der Waals surface area contributed by atoms with Gasteiger partial charge in [-0.3, -0.25) is 19.1 Å². The van der Waals surface area contributed by atoms with Gasteiger partial charge in [-0.1, -0.05) is 67.9 Å². The molecule has 1 N–H and O–H groups in total. The predicted molar refractivity (Wildman–Crippen MR) is 229 cm³/mol. The molecule has 1 unspecified atom stereocenters. The maximum atomic E-state index is 13.5. The van der Waals surface area contributed by atoms with Crippen molar-refractivity contribution in [3.05, 3.63) is 129 Å². The molecular weight excluding hydrogens is 782 g/mol. The Labute approximate surface area is 344 Å². The summed E-state index contributed by atoms with van der Waals surface area (Å²) in [6.45, 7) is 19.0. The number of rotatable bonds is 18. The maximum Gasteiger partial charge on any atom is 0.343 e. The molecule has 0 aliphatic carbocycles. The molecule has 3 aromatic carbocycles. The number of nitrogens with one attached hydrogen (secondary N) is 1. The third-order valence-corrected chi connectivity index (χ3v) is 17.5. The summed E-state index contributed by atoms with van der Waals surface area (Å²) in [5.41, 5.74) is 0.214. The minimum atomic E-state index is -2.58. The highest BCUT2D eigenvalue weighted by atomic mass is 32.7. The van der Waals surface area contributed by atoms with Crippen LogP contribution in [0.1, 0.15) is 64.5 Å². The Morgan fingerprint density at radius 2 is 1.46 bits per heavy atom. The third-order valence-electron chi connectivity index (χ3n) is 11.5. The average Bonchev–Trinajstić information content (AvgIpc) is 3.52. The Bertz CT molecular complexity index is 1950. The summed E-state index contributed by atoms with van der Waals surface area (Å²) in [5, 5.41) is -0.214. The Morgan fingerprint density at radius 3 is 1.98 bits per heavy atom. The van der Waals surface area contributed by atoms with Crippen LogP contribution in [0.4, 0.5) is 0 Å². The molecule has 1 fully saturated rings. The van der Waals surface area contributed by atoms with E-state index in [1.54, 1.807) is 14.2 Å². The summed E-state index contributed by atoms with van der Waals surface area (Å²) in [6.07, 6.45) is -2.04. The summed E-state index contributed by atoms with van der Waals surface area (Å²) in [4.78, 5) is 28.2. The lowest BCUT2D eigenvalue weighted by Gasteiger charge is -2.41. The highest BCUT2D eigenvalue weighted by Gasteiger charge is 2.55. The number of hydroxylamine groups is 3. The molecule has 2 heterocycles. The lowest BCUT2D eigenvalue weighted by molar-refractivity contribution is -1.08. The first kappa shape index (κ1) is 44.8. The Kier molecular flexibility index (Phi) is 14.7. The van der Waals surface area contributed by atoms with E-state index < -0.39 is 57.3 Å². The molecule has 12 nitrogen and oxygen atoms in total. The maximum absolute atomic E-state index is 13.5. The first-order chi connectivity index (χ1) is 27.1. The Hall–Kier alpha value is -3.30. The second-order valence-electron chi connectivity index (χ2n) is 15.7. The largest absolute Gasteiger partial charge is 0.497 e. The van der Waals surface area contributed by atoms with Crippen molar-refractivity contribution < 1.29 is 37.2 Å². The number of quaternary nitrogens is 1. The van der Waals surface area contributed by atoms with Gasteiger partial charge in [-0.2, -0.15) is 0 Å². The molecule has 57 heavy (non-hydrogen) atoms. The van der Waals surface area contributed by atoms with Crippen LogP contribution < -0.4 is 20.7 Å². The van der Waals surface area contributed by atoms with Gasteiger partial charge in [-0.05, 0) is 79.9 Å². The molecule has 5 atom stereocenters. The normalized spacial score (nSPS) is 20.5. The van der Waals surface area contributed by atoms with E-state index in [0.717, 1.165) is 16.7 Å². The number of ether oxygens (including phenoxy) is 4. The van der Waals surface area contributed by atoms with Gasteiger partial charge in [0, 0.05) is 24.4 Å². The van der Waals surface area contributed by atoms with E-state index in [0.29, 0.717) is 35.8 Å². The minimum Gasteiger partial charge on any atom is -0.497 e. The van der Waals surface area contributed by atoms with Gasteiger partial charge in [0.1, 0.15) is 43.2 Å². The average molecular weight is 841 g/mol. The van der Waals surface area contributed by atoms with Crippen molar-refractivity contribution in [3.63, 3.8) is 0 Å². The fourth-order valence-corrected chi connectivity index (χ4v) is 10.3. The quantitative estimate of drug-likeness (QED) is 0.0205. The van der Waals surface area contributed by atoms with Gasteiger partial charge >= 0.3 is 11.4 Å². The standard InChI is InChI=1S/C42H58N3O9PSSi/c1-11-45(12-2,13-3)54-55(56)52-37-35(51-39(44-28-27-36(46)43-40(44)47)38(37)53-57(9,10)41(4,5)6)29-50-42(30-17-15-14-16-18-30,31-19-23-33(48-7)24-20-31)32-21-25-34(49-8)26-22-32/h14-28,35,37-39,55H,11-13,29H2,1-10H3/q+1/p+1/t35-,37-,38-,39-/m1/s1. The van der Waals surface area contributed by atoms with Gasteiger partial charge in [0.05, 0.1) is 13.7 Å². The molecule has 0 spiro atoms. The van der Waals surface area contributed by atoms with Gasteiger partial charge in [-0.25, -0.2) is 9.32 Å². The molecule has 4 aromatic rings. The summed E-state index contributed by atoms with van der Waals surface area (Å²) >= 11 is 6.04. The first-order valence-corrected chi connectivity index (χ1v) is 24.8. The highest BCUT2D eigenvalue weighted by Crippen LogP contribution is 2.49. The zero-order valence-corrected chi connectivity index (χ0v) is 37.6. The number of nitrogens with zero attached hydrogens (tertiary/aromatic N) is 2. The summed E-state index contributed by atoms with van der Waals surface area (Å²) in [7, 11) is -1.70. The SMILES string of the molecule is CC[N+](CC)(CC)O[PH+]([S-])O[C@H]1[C@@H](O[Si](C)(C)C(C)(C)C)[C@H](n2ccc(=O)[nH]c2=O)O[C@@H]1COC(c1ccccc1)(c1ccc(OC)cc1)c1ccc([O+]C)cc1. The zero-order chi connectivity index (χ0) is 41.6. The molecule has 1 saturated heterocycles. The van der Waals surface area contributed by atoms with E-state index in [9.17, 15) is 9.59 Å². The van der Waals surface area contributed by atoms with Gasteiger partial charge in [-0.15, -0.1) is 4.65 Å². The molecule has 1 aromatic heterocycles. The summed E-state index contributed by atoms with van der Waals surface area (Å²) < 4.78 is 47.6. The molecule has 0 amide bonds. The smallest absolute Gasteiger partial charge is 0.343 e. The summed E-state index contributed by atoms with van der Waals surface area (Å²) in [5.74, 6) is 1.40. The Morgan fingerprint density at radius 1 is 0.877 bits per heavy atom. The second kappa shape index (κ2) is 18.7. The van der Waals surface area contributed by atoms with E-state index in [4.69, 9.17) is 44.8 Å². The van der Waals surface area contributed by atoms with Crippen LogP contribution in [0, 0.1) is 0 Å². The van der Waals surface area contributed by atoms with E-state index in [-0.39, 0.29) is 11.6 Å². The highest BCUT2D eigenvalue weighted by molar-refractivity contribution is 8.29. The topological polar surface area (TPSA) is 122 Å². The van der Waals surface area contributed by atoms with E-state index in [1.165, 1.54) is 16.8 Å².